The van der Waals surface area contributed by atoms with Gasteiger partial charge < -0.3 is 9.80 Å². The quantitative estimate of drug-likeness (QED) is 0.740. The van der Waals surface area contributed by atoms with Gasteiger partial charge in [0, 0.05) is 58.9 Å². The molecule has 2 heterocycles. The van der Waals surface area contributed by atoms with Gasteiger partial charge in [0.25, 0.3) is 16.1 Å². The Bertz CT molecular complexity index is 850. The maximum atomic E-state index is 14.3. The summed E-state index contributed by atoms with van der Waals surface area (Å²) in [6, 6.07) is 4.10. The van der Waals surface area contributed by atoms with E-state index in [0.29, 0.717) is 18.7 Å². The SMILES string of the molecule is CN(C)S(=O)(=O)N1CCN(C(=O)c2cc(N3CCCC3=O)ccc2F)CC1. The highest BCUT2D eigenvalue weighted by atomic mass is 32.2. The second kappa shape index (κ2) is 7.53. The zero-order valence-corrected chi connectivity index (χ0v) is 16.2. The van der Waals surface area contributed by atoms with Crippen molar-refractivity contribution in [1.82, 2.24) is 13.5 Å². The smallest absolute Gasteiger partial charge is 0.281 e. The van der Waals surface area contributed by atoms with E-state index >= 15 is 0 Å². The molecule has 2 amide bonds. The van der Waals surface area contributed by atoms with Crippen LogP contribution in [0, 0.1) is 5.82 Å². The molecule has 1 aromatic carbocycles. The van der Waals surface area contributed by atoms with Crippen molar-refractivity contribution in [3.8, 4) is 0 Å². The summed E-state index contributed by atoms with van der Waals surface area (Å²) in [6.07, 6.45) is 1.19. The third-order valence-electron chi connectivity index (χ3n) is 4.88. The first-order chi connectivity index (χ1) is 12.7. The number of amides is 2. The molecule has 10 heteroatoms. The molecule has 0 N–H and O–H groups in total. The molecule has 2 saturated heterocycles. The van der Waals surface area contributed by atoms with E-state index in [-0.39, 0.29) is 37.6 Å². The van der Waals surface area contributed by atoms with Crippen LogP contribution in [0.25, 0.3) is 0 Å². The molecule has 0 unspecified atom stereocenters. The normalized spacial score (nSPS) is 19.2. The standard InChI is InChI=1S/C17H23FN4O4S/c1-19(2)27(25,26)21-10-8-20(9-11-21)17(24)14-12-13(5-6-15(14)18)22-7-3-4-16(22)23/h5-6,12H,3-4,7-11H2,1-2H3. The van der Waals surface area contributed by atoms with Gasteiger partial charge in [0.15, 0.2) is 0 Å². The van der Waals surface area contributed by atoms with Gasteiger partial charge in [-0.25, -0.2) is 4.39 Å². The lowest BCUT2D eigenvalue weighted by molar-refractivity contribution is -0.117. The second-order valence-corrected chi connectivity index (χ2v) is 8.94. The highest BCUT2D eigenvalue weighted by molar-refractivity contribution is 7.86. The van der Waals surface area contributed by atoms with Crippen LogP contribution in [0.5, 0.6) is 0 Å². The first-order valence-corrected chi connectivity index (χ1v) is 10.2. The van der Waals surface area contributed by atoms with Crippen molar-refractivity contribution in [3.05, 3.63) is 29.6 Å². The van der Waals surface area contributed by atoms with Crippen molar-refractivity contribution in [2.45, 2.75) is 12.8 Å². The summed E-state index contributed by atoms with van der Waals surface area (Å²) in [7, 11) is -0.632. The Kier molecular flexibility index (Phi) is 5.50. The van der Waals surface area contributed by atoms with Crippen molar-refractivity contribution >= 4 is 27.7 Å². The monoisotopic (exact) mass is 398 g/mol. The molecule has 1 aromatic rings. The third-order valence-corrected chi connectivity index (χ3v) is 6.82. The highest BCUT2D eigenvalue weighted by Gasteiger charge is 2.32. The Morgan fingerprint density at radius 2 is 1.78 bits per heavy atom. The van der Waals surface area contributed by atoms with Gasteiger partial charge in [0.1, 0.15) is 5.82 Å². The molecule has 148 valence electrons. The van der Waals surface area contributed by atoms with E-state index in [0.717, 1.165) is 10.7 Å². The number of piperazine rings is 1. The maximum Gasteiger partial charge on any atom is 0.281 e. The van der Waals surface area contributed by atoms with Crippen LogP contribution in [0.15, 0.2) is 18.2 Å². The molecule has 2 aliphatic heterocycles. The van der Waals surface area contributed by atoms with Gasteiger partial charge in [0.2, 0.25) is 5.91 Å². The van der Waals surface area contributed by atoms with Crippen LogP contribution >= 0.6 is 0 Å². The number of benzene rings is 1. The number of hydrogen-bond acceptors (Lipinski definition) is 4. The second-order valence-electron chi connectivity index (χ2n) is 6.79. The molecule has 2 aliphatic rings. The number of halogens is 1. The number of anilines is 1. The first-order valence-electron chi connectivity index (χ1n) is 8.78. The van der Waals surface area contributed by atoms with Crippen molar-refractivity contribution in [1.29, 1.82) is 0 Å². The number of carbonyl (C=O) groups is 2. The lowest BCUT2D eigenvalue weighted by Gasteiger charge is -2.35. The topological polar surface area (TPSA) is 81.2 Å². The molecule has 0 aromatic heterocycles. The number of rotatable bonds is 4. The zero-order valence-electron chi connectivity index (χ0n) is 15.4. The molecule has 0 aliphatic carbocycles. The summed E-state index contributed by atoms with van der Waals surface area (Å²) in [6.45, 7) is 1.21. The summed E-state index contributed by atoms with van der Waals surface area (Å²) in [4.78, 5) is 27.7. The lowest BCUT2D eigenvalue weighted by atomic mass is 10.1. The van der Waals surface area contributed by atoms with Gasteiger partial charge in [-0.3, -0.25) is 9.59 Å². The minimum absolute atomic E-state index is 0.0393. The van der Waals surface area contributed by atoms with Crippen molar-refractivity contribution in [3.63, 3.8) is 0 Å². The fourth-order valence-electron chi connectivity index (χ4n) is 3.29. The van der Waals surface area contributed by atoms with E-state index in [2.05, 4.69) is 0 Å². The van der Waals surface area contributed by atoms with Crippen LogP contribution in [-0.4, -0.2) is 80.6 Å². The molecule has 0 spiro atoms. The minimum atomic E-state index is -3.54. The molecule has 0 radical (unpaired) electrons. The predicted octanol–water partition coefficient (Wildman–Crippen LogP) is 0.517. The van der Waals surface area contributed by atoms with Crippen molar-refractivity contribution in [2.75, 3.05) is 51.7 Å². The summed E-state index contributed by atoms with van der Waals surface area (Å²) < 4.78 is 41.0. The Morgan fingerprint density at radius 3 is 2.33 bits per heavy atom. The number of nitrogens with zero attached hydrogens (tertiary/aromatic N) is 4. The Labute approximate surface area is 158 Å². The van der Waals surface area contributed by atoms with Gasteiger partial charge in [-0.05, 0) is 24.6 Å². The molecule has 0 bridgehead atoms. The lowest BCUT2D eigenvalue weighted by Crippen LogP contribution is -2.53. The van der Waals surface area contributed by atoms with Crippen LogP contribution in [-0.2, 0) is 15.0 Å². The molecule has 0 atom stereocenters. The van der Waals surface area contributed by atoms with Crippen LogP contribution in [0.3, 0.4) is 0 Å². The van der Waals surface area contributed by atoms with E-state index in [9.17, 15) is 22.4 Å². The molecular formula is C17H23FN4O4S. The Balaban J connectivity index is 1.74. The average Bonchev–Trinajstić information content (AvgIpc) is 3.07. The van der Waals surface area contributed by atoms with Gasteiger partial charge in [-0.1, -0.05) is 0 Å². The maximum absolute atomic E-state index is 14.3. The van der Waals surface area contributed by atoms with E-state index in [1.165, 1.54) is 41.5 Å². The molecule has 27 heavy (non-hydrogen) atoms. The molecule has 3 rings (SSSR count). The molecule has 2 fully saturated rings. The molecule has 0 saturated carbocycles. The van der Waals surface area contributed by atoms with Crippen molar-refractivity contribution < 1.29 is 22.4 Å². The first kappa shape index (κ1) is 19.7. The van der Waals surface area contributed by atoms with Crippen LogP contribution in [0.4, 0.5) is 10.1 Å². The minimum Gasteiger partial charge on any atom is -0.336 e. The van der Waals surface area contributed by atoms with Crippen LogP contribution in [0.2, 0.25) is 0 Å². The van der Waals surface area contributed by atoms with Gasteiger partial charge in [-0.15, -0.1) is 0 Å². The molecular weight excluding hydrogens is 375 g/mol. The third kappa shape index (κ3) is 3.83. The largest absolute Gasteiger partial charge is 0.336 e. The Hall–Kier alpha value is -2.04. The van der Waals surface area contributed by atoms with Crippen LogP contribution < -0.4 is 4.90 Å². The van der Waals surface area contributed by atoms with Gasteiger partial charge >= 0.3 is 0 Å². The zero-order chi connectivity index (χ0) is 19.8. The van der Waals surface area contributed by atoms with E-state index < -0.39 is 21.9 Å². The number of hydrogen-bond donors (Lipinski definition) is 0. The van der Waals surface area contributed by atoms with Gasteiger partial charge in [0.05, 0.1) is 5.56 Å². The highest BCUT2D eigenvalue weighted by Crippen LogP contribution is 2.25. The van der Waals surface area contributed by atoms with Gasteiger partial charge in [-0.2, -0.15) is 17.0 Å². The van der Waals surface area contributed by atoms with E-state index in [1.54, 1.807) is 4.90 Å². The van der Waals surface area contributed by atoms with Crippen molar-refractivity contribution in [2.24, 2.45) is 0 Å². The summed E-state index contributed by atoms with van der Waals surface area (Å²) in [5.41, 5.74) is 0.409. The fraction of sp³-hybridized carbons (Fsp3) is 0.529. The van der Waals surface area contributed by atoms with E-state index in [4.69, 9.17) is 0 Å². The van der Waals surface area contributed by atoms with E-state index in [1.807, 2.05) is 0 Å². The Morgan fingerprint density at radius 1 is 1.11 bits per heavy atom. The predicted molar refractivity (Wildman–Crippen MR) is 98.1 cm³/mol. The fourth-order valence-corrected chi connectivity index (χ4v) is 4.38. The summed E-state index contributed by atoms with van der Waals surface area (Å²) in [5.74, 6) is -1.19. The molecule has 8 nitrogen and oxygen atoms in total. The number of carbonyl (C=O) groups excluding carboxylic acids is 2. The van der Waals surface area contributed by atoms with Crippen LogP contribution in [0.1, 0.15) is 23.2 Å². The average molecular weight is 398 g/mol. The summed E-state index contributed by atoms with van der Waals surface area (Å²) >= 11 is 0. The summed E-state index contributed by atoms with van der Waals surface area (Å²) in [5, 5.41) is 0.